The first-order valence-electron chi connectivity index (χ1n) is 7.86. The Morgan fingerprint density at radius 3 is 2.57 bits per heavy atom. The fraction of sp³-hybridized carbons (Fsp3) is 0.111. The number of nitrogens with one attached hydrogen (secondary N) is 1. The monoisotopic (exact) mass is 427 g/mol. The molecule has 0 unspecified atom stereocenters. The van der Waals surface area contributed by atoms with E-state index in [9.17, 15) is 18.0 Å². The summed E-state index contributed by atoms with van der Waals surface area (Å²) in [7, 11) is 1.33. The highest BCUT2D eigenvalue weighted by Crippen LogP contribution is 2.39. The van der Waals surface area contributed by atoms with Gasteiger partial charge in [0.15, 0.2) is 17.1 Å². The Bertz CT molecular complexity index is 1300. The minimum Gasteiger partial charge on any atom is -0.493 e. The van der Waals surface area contributed by atoms with Crippen LogP contribution in [0.15, 0.2) is 41.3 Å². The molecule has 0 spiro atoms. The summed E-state index contributed by atoms with van der Waals surface area (Å²) in [5.74, 6) is 0.136. The van der Waals surface area contributed by atoms with Crippen molar-refractivity contribution in [2.24, 2.45) is 0 Å². The van der Waals surface area contributed by atoms with Crippen LogP contribution in [0.2, 0.25) is 10.2 Å². The van der Waals surface area contributed by atoms with Gasteiger partial charge in [-0.05, 0) is 29.8 Å². The number of alkyl halides is 3. The molecule has 4 aromatic rings. The molecular weight excluding hydrogens is 418 g/mol. The molecule has 0 aliphatic heterocycles. The number of aromatic nitrogens is 3. The third kappa shape index (κ3) is 2.80. The lowest BCUT2D eigenvalue weighted by Gasteiger charge is -2.11. The molecule has 0 aliphatic carbocycles. The number of pyridine rings is 2. The number of rotatable bonds is 2. The van der Waals surface area contributed by atoms with Gasteiger partial charge in [-0.2, -0.15) is 13.2 Å². The number of nitrogens with zero attached hydrogens (tertiary/aromatic N) is 2. The van der Waals surface area contributed by atoms with Gasteiger partial charge >= 0.3 is 6.18 Å². The van der Waals surface area contributed by atoms with Gasteiger partial charge in [-0.1, -0.05) is 29.3 Å². The topological polar surface area (TPSA) is 59.4 Å². The molecule has 0 radical (unpaired) electrons. The summed E-state index contributed by atoms with van der Waals surface area (Å²) in [6, 6.07) is 7.80. The fourth-order valence-corrected chi connectivity index (χ4v) is 3.57. The molecule has 1 N–H and O–H groups in total. The first kappa shape index (κ1) is 18.6. The number of hydrogen-bond donors (Lipinski definition) is 1. The Labute approximate surface area is 165 Å². The predicted molar refractivity (Wildman–Crippen MR) is 100 cm³/mol. The quantitative estimate of drug-likeness (QED) is 0.479. The number of aromatic amines is 1. The van der Waals surface area contributed by atoms with Crippen molar-refractivity contribution in [3.8, 4) is 17.0 Å². The van der Waals surface area contributed by atoms with Crippen LogP contribution in [0.1, 0.15) is 5.69 Å². The highest BCUT2D eigenvalue weighted by Gasteiger charge is 2.38. The second kappa shape index (κ2) is 6.42. The zero-order valence-electron chi connectivity index (χ0n) is 14.1. The van der Waals surface area contributed by atoms with Gasteiger partial charge in [0.05, 0.1) is 17.8 Å². The third-order valence-corrected chi connectivity index (χ3v) is 4.97. The molecule has 0 fully saturated rings. The lowest BCUT2D eigenvalue weighted by Crippen LogP contribution is -2.06. The molecule has 0 atom stereocenters. The number of hydrogen-bond acceptors (Lipinski definition) is 3. The first-order chi connectivity index (χ1) is 13.2. The Morgan fingerprint density at radius 2 is 1.89 bits per heavy atom. The van der Waals surface area contributed by atoms with Gasteiger partial charge < -0.3 is 9.72 Å². The standard InChI is InChI=1S/C18H10Cl2F3N3O2/c1-28-13-5-4-12(26-15(20)14(18(21,22)23)25-16(13)26)8-2-3-9-10(6-8)11(19)7-24-17(9)27/h2-7H,1H3,(H,24,27). The van der Waals surface area contributed by atoms with Crippen LogP contribution in [-0.4, -0.2) is 21.5 Å². The van der Waals surface area contributed by atoms with Crippen LogP contribution in [-0.2, 0) is 6.18 Å². The van der Waals surface area contributed by atoms with Crippen molar-refractivity contribution in [3.05, 3.63) is 62.8 Å². The van der Waals surface area contributed by atoms with Gasteiger partial charge in [-0.3, -0.25) is 9.20 Å². The van der Waals surface area contributed by atoms with E-state index in [0.717, 1.165) is 4.40 Å². The van der Waals surface area contributed by atoms with E-state index in [1.165, 1.54) is 19.4 Å². The van der Waals surface area contributed by atoms with Crippen molar-refractivity contribution in [1.82, 2.24) is 14.4 Å². The molecule has 0 saturated heterocycles. The Balaban J connectivity index is 2.07. The Hall–Kier alpha value is -2.71. The smallest absolute Gasteiger partial charge is 0.436 e. The van der Waals surface area contributed by atoms with E-state index in [-0.39, 0.29) is 17.0 Å². The second-order valence-electron chi connectivity index (χ2n) is 5.92. The largest absolute Gasteiger partial charge is 0.493 e. The molecule has 28 heavy (non-hydrogen) atoms. The Morgan fingerprint density at radius 1 is 1.14 bits per heavy atom. The number of halogens is 5. The average molecular weight is 428 g/mol. The van der Waals surface area contributed by atoms with E-state index in [0.29, 0.717) is 27.1 Å². The Kier molecular flexibility index (Phi) is 4.28. The number of benzene rings is 1. The van der Waals surface area contributed by atoms with E-state index < -0.39 is 17.0 Å². The molecule has 3 heterocycles. The van der Waals surface area contributed by atoms with Crippen LogP contribution in [0.25, 0.3) is 27.7 Å². The van der Waals surface area contributed by atoms with Crippen LogP contribution in [0.3, 0.4) is 0 Å². The lowest BCUT2D eigenvalue weighted by molar-refractivity contribution is -0.140. The molecule has 0 bridgehead atoms. The number of methoxy groups -OCH3 is 1. The normalized spacial score (nSPS) is 12.1. The zero-order chi connectivity index (χ0) is 20.2. The van der Waals surface area contributed by atoms with E-state index in [2.05, 4.69) is 9.97 Å². The number of fused-ring (bicyclic) bond motifs is 2. The van der Waals surface area contributed by atoms with E-state index in [1.807, 2.05) is 0 Å². The molecule has 10 heteroatoms. The third-order valence-electron chi connectivity index (χ3n) is 4.31. The lowest BCUT2D eigenvalue weighted by atomic mass is 10.1. The molecule has 0 saturated carbocycles. The van der Waals surface area contributed by atoms with E-state index in [1.54, 1.807) is 24.3 Å². The summed E-state index contributed by atoms with van der Waals surface area (Å²) in [4.78, 5) is 18.1. The molecule has 0 aliphatic rings. The molecule has 3 aromatic heterocycles. The van der Waals surface area contributed by atoms with Crippen molar-refractivity contribution in [1.29, 1.82) is 0 Å². The highest BCUT2D eigenvalue weighted by molar-refractivity contribution is 6.35. The average Bonchev–Trinajstić information content (AvgIpc) is 3.02. The SMILES string of the molecule is COc1ccc(-c2ccc3c(=O)[nH]cc(Cl)c3c2)n2c(Cl)c(C(F)(F)F)nc12. The molecule has 4 rings (SSSR count). The van der Waals surface area contributed by atoms with Crippen LogP contribution < -0.4 is 10.3 Å². The molecule has 0 amide bonds. The van der Waals surface area contributed by atoms with Gasteiger partial charge in [-0.15, -0.1) is 0 Å². The van der Waals surface area contributed by atoms with Crippen LogP contribution in [0, 0.1) is 0 Å². The van der Waals surface area contributed by atoms with Gasteiger partial charge in [0.2, 0.25) is 0 Å². The second-order valence-corrected chi connectivity index (χ2v) is 6.69. The van der Waals surface area contributed by atoms with Gasteiger partial charge in [-0.25, -0.2) is 4.98 Å². The summed E-state index contributed by atoms with van der Waals surface area (Å²) in [5.41, 5.74) is -0.779. The van der Waals surface area contributed by atoms with Crippen molar-refractivity contribution in [3.63, 3.8) is 0 Å². The van der Waals surface area contributed by atoms with Crippen molar-refractivity contribution in [2.75, 3.05) is 7.11 Å². The maximum atomic E-state index is 13.3. The van der Waals surface area contributed by atoms with Crippen LogP contribution >= 0.6 is 23.2 Å². The number of H-pyrrole nitrogens is 1. The minimum absolute atomic E-state index is 0.0746. The maximum absolute atomic E-state index is 13.3. The maximum Gasteiger partial charge on any atom is 0.436 e. The van der Waals surface area contributed by atoms with E-state index >= 15 is 0 Å². The predicted octanol–water partition coefficient (Wildman–Crippen LogP) is 5.18. The molecular formula is C18H10Cl2F3N3O2. The van der Waals surface area contributed by atoms with Crippen molar-refractivity contribution < 1.29 is 17.9 Å². The van der Waals surface area contributed by atoms with E-state index in [4.69, 9.17) is 27.9 Å². The molecule has 5 nitrogen and oxygen atoms in total. The molecule has 1 aromatic carbocycles. The van der Waals surface area contributed by atoms with Crippen molar-refractivity contribution >= 4 is 39.6 Å². The zero-order valence-corrected chi connectivity index (χ0v) is 15.6. The van der Waals surface area contributed by atoms with Gasteiger partial charge in [0, 0.05) is 17.0 Å². The van der Waals surface area contributed by atoms with Gasteiger partial charge in [0.1, 0.15) is 5.15 Å². The summed E-state index contributed by atoms with van der Waals surface area (Å²) in [6.45, 7) is 0. The first-order valence-corrected chi connectivity index (χ1v) is 8.61. The van der Waals surface area contributed by atoms with Gasteiger partial charge in [0.25, 0.3) is 5.56 Å². The van der Waals surface area contributed by atoms with Crippen molar-refractivity contribution in [2.45, 2.75) is 6.18 Å². The minimum atomic E-state index is -4.73. The molecule has 144 valence electrons. The summed E-state index contributed by atoms with van der Waals surface area (Å²) >= 11 is 12.2. The summed E-state index contributed by atoms with van der Waals surface area (Å²) in [5, 5.41) is 0.523. The van der Waals surface area contributed by atoms with Crippen LogP contribution in [0.5, 0.6) is 5.75 Å². The summed E-state index contributed by atoms with van der Waals surface area (Å²) in [6.07, 6.45) is -3.38. The summed E-state index contributed by atoms with van der Waals surface area (Å²) < 4.78 is 46.2. The number of ether oxygens (including phenoxy) is 1. The number of imidazole rings is 1. The highest BCUT2D eigenvalue weighted by atomic mass is 35.5. The van der Waals surface area contributed by atoms with Crippen LogP contribution in [0.4, 0.5) is 13.2 Å². The fourth-order valence-electron chi connectivity index (χ4n) is 3.04.